The second-order valence-corrected chi connectivity index (χ2v) is 5.80. The summed E-state index contributed by atoms with van der Waals surface area (Å²) in [6.07, 6.45) is 0. The van der Waals surface area contributed by atoms with Crippen molar-refractivity contribution in [2.75, 3.05) is 19.8 Å². The van der Waals surface area contributed by atoms with Gasteiger partial charge in [-0.1, -0.05) is 36.7 Å². The van der Waals surface area contributed by atoms with Gasteiger partial charge in [0.15, 0.2) is 11.5 Å². The maximum Gasteiger partial charge on any atom is 0.165 e. The van der Waals surface area contributed by atoms with Gasteiger partial charge in [-0.25, -0.2) is 0 Å². The van der Waals surface area contributed by atoms with E-state index in [0.717, 1.165) is 27.1 Å². The Hall–Kier alpha value is -0.740. The number of aliphatic hydroxyl groups excluding tert-OH is 1. The van der Waals surface area contributed by atoms with Crippen LogP contribution in [-0.2, 0) is 0 Å². The zero-order chi connectivity index (χ0) is 13.3. The van der Waals surface area contributed by atoms with E-state index < -0.39 is 0 Å². The van der Waals surface area contributed by atoms with Gasteiger partial charge in [0.2, 0.25) is 0 Å². The molecule has 1 aromatic carbocycles. The molecule has 1 heterocycles. The Bertz CT molecular complexity index is 443. The molecule has 1 N–H and O–H groups in total. The van der Waals surface area contributed by atoms with Crippen LogP contribution in [0.15, 0.2) is 10.5 Å². The molecule has 1 unspecified atom stereocenters. The third-order valence-corrected chi connectivity index (χ3v) is 3.86. The van der Waals surface area contributed by atoms with Gasteiger partial charge < -0.3 is 14.6 Å². The average Bonchev–Trinajstić information content (AvgIpc) is 2.35. The smallest absolute Gasteiger partial charge is 0.165 e. The van der Waals surface area contributed by atoms with Crippen LogP contribution in [0.5, 0.6) is 11.5 Å². The number of rotatable bonds is 3. The van der Waals surface area contributed by atoms with E-state index in [1.807, 2.05) is 13.0 Å². The fraction of sp³-hybridized carbons (Fsp3) is 0.571. The maximum atomic E-state index is 9.43. The van der Waals surface area contributed by atoms with E-state index >= 15 is 0 Å². The van der Waals surface area contributed by atoms with Crippen LogP contribution in [0, 0.1) is 0 Å². The number of benzene rings is 1. The van der Waals surface area contributed by atoms with Crippen LogP contribution in [0.4, 0.5) is 0 Å². The van der Waals surface area contributed by atoms with Gasteiger partial charge >= 0.3 is 0 Å². The Labute approximate surface area is 116 Å². The molecule has 2 rings (SSSR count). The normalized spacial score (nSPS) is 15.9. The lowest BCUT2D eigenvalue weighted by Crippen LogP contribution is -2.19. The molecule has 0 bridgehead atoms. The first kappa shape index (κ1) is 13.7. The van der Waals surface area contributed by atoms with Gasteiger partial charge in [0.05, 0.1) is 0 Å². The van der Waals surface area contributed by atoms with Crippen LogP contribution >= 0.6 is 15.9 Å². The maximum absolute atomic E-state index is 9.43. The number of fused-ring (bicyclic) bond motifs is 1. The van der Waals surface area contributed by atoms with Crippen molar-refractivity contribution in [3.05, 3.63) is 21.7 Å². The summed E-state index contributed by atoms with van der Waals surface area (Å²) in [7, 11) is 0. The summed E-state index contributed by atoms with van der Waals surface area (Å²) in [5, 5.41) is 9.43. The molecule has 0 aromatic heterocycles. The molecular weight excluding hydrogens is 296 g/mol. The van der Waals surface area contributed by atoms with Crippen LogP contribution in [0.3, 0.4) is 0 Å². The molecule has 0 amide bonds. The molecule has 0 radical (unpaired) electrons. The summed E-state index contributed by atoms with van der Waals surface area (Å²) in [5.41, 5.74) is 2.26. The first-order chi connectivity index (χ1) is 8.56. The van der Waals surface area contributed by atoms with E-state index in [9.17, 15) is 5.11 Å². The van der Waals surface area contributed by atoms with Gasteiger partial charge in [0, 0.05) is 22.6 Å². The molecule has 1 aliphatic heterocycles. The minimum Gasteiger partial charge on any atom is -0.486 e. The molecule has 0 spiro atoms. The monoisotopic (exact) mass is 314 g/mol. The number of ether oxygens (including phenoxy) is 2. The zero-order valence-corrected chi connectivity index (χ0v) is 12.6. The number of hydrogen-bond donors (Lipinski definition) is 1. The van der Waals surface area contributed by atoms with Crippen LogP contribution in [0.25, 0.3) is 0 Å². The Kier molecular flexibility index (Phi) is 4.17. The predicted octanol–water partition coefficient (Wildman–Crippen LogP) is 3.44. The van der Waals surface area contributed by atoms with E-state index in [1.54, 1.807) is 0 Å². The summed E-state index contributed by atoms with van der Waals surface area (Å²) >= 11 is 3.59. The van der Waals surface area contributed by atoms with Crippen molar-refractivity contribution in [1.29, 1.82) is 0 Å². The van der Waals surface area contributed by atoms with Crippen molar-refractivity contribution in [2.24, 2.45) is 0 Å². The SMILES string of the molecule is CC(C)c1c2c(cc(Br)c1C(C)CO)OCCO2. The fourth-order valence-electron chi connectivity index (χ4n) is 2.36. The van der Waals surface area contributed by atoms with E-state index in [2.05, 4.69) is 29.8 Å². The highest BCUT2D eigenvalue weighted by Gasteiger charge is 2.26. The lowest BCUT2D eigenvalue weighted by molar-refractivity contribution is 0.168. The second-order valence-electron chi connectivity index (χ2n) is 4.95. The number of aliphatic hydroxyl groups is 1. The van der Waals surface area contributed by atoms with Crippen molar-refractivity contribution in [2.45, 2.75) is 32.6 Å². The fourth-order valence-corrected chi connectivity index (χ4v) is 3.17. The van der Waals surface area contributed by atoms with Gasteiger partial charge in [-0.2, -0.15) is 0 Å². The van der Waals surface area contributed by atoms with Crippen molar-refractivity contribution in [3.63, 3.8) is 0 Å². The Morgan fingerprint density at radius 1 is 1.22 bits per heavy atom. The zero-order valence-electron chi connectivity index (χ0n) is 11.0. The van der Waals surface area contributed by atoms with E-state index in [-0.39, 0.29) is 12.5 Å². The quantitative estimate of drug-likeness (QED) is 0.928. The minimum absolute atomic E-state index is 0.0765. The Balaban J connectivity index is 2.64. The van der Waals surface area contributed by atoms with E-state index in [4.69, 9.17) is 9.47 Å². The largest absolute Gasteiger partial charge is 0.486 e. The van der Waals surface area contributed by atoms with E-state index in [0.29, 0.717) is 19.1 Å². The highest BCUT2D eigenvalue weighted by molar-refractivity contribution is 9.10. The van der Waals surface area contributed by atoms with Gasteiger partial charge in [-0.05, 0) is 17.5 Å². The molecule has 4 heteroatoms. The van der Waals surface area contributed by atoms with Gasteiger partial charge in [-0.15, -0.1) is 0 Å². The third kappa shape index (κ3) is 2.36. The van der Waals surface area contributed by atoms with Gasteiger partial charge in [0.1, 0.15) is 13.2 Å². The molecular formula is C14H19BrO3. The van der Waals surface area contributed by atoms with Crippen molar-refractivity contribution in [3.8, 4) is 11.5 Å². The van der Waals surface area contributed by atoms with E-state index in [1.165, 1.54) is 0 Å². The molecule has 0 saturated carbocycles. The summed E-state index contributed by atoms with van der Waals surface area (Å²) in [6.45, 7) is 7.58. The molecule has 0 aliphatic carbocycles. The highest BCUT2D eigenvalue weighted by atomic mass is 79.9. The topological polar surface area (TPSA) is 38.7 Å². The second kappa shape index (κ2) is 5.49. The van der Waals surface area contributed by atoms with Gasteiger partial charge in [-0.3, -0.25) is 0 Å². The Morgan fingerprint density at radius 2 is 1.89 bits per heavy atom. The molecule has 18 heavy (non-hydrogen) atoms. The molecule has 1 aromatic rings. The molecule has 0 saturated heterocycles. The number of halogens is 1. The lowest BCUT2D eigenvalue weighted by atomic mass is 9.89. The van der Waals surface area contributed by atoms with Crippen LogP contribution in [0.1, 0.15) is 43.7 Å². The summed E-state index contributed by atoms with van der Waals surface area (Å²) in [4.78, 5) is 0. The average molecular weight is 315 g/mol. The van der Waals surface area contributed by atoms with Crippen LogP contribution in [-0.4, -0.2) is 24.9 Å². The van der Waals surface area contributed by atoms with Gasteiger partial charge in [0.25, 0.3) is 0 Å². The molecule has 1 aliphatic rings. The lowest BCUT2D eigenvalue weighted by Gasteiger charge is -2.27. The molecule has 1 atom stereocenters. The molecule has 3 nitrogen and oxygen atoms in total. The first-order valence-corrected chi connectivity index (χ1v) is 7.08. The first-order valence-electron chi connectivity index (χ1n) is 6.29. The molecule has 100 valence electrons. The standard InChI is InChI=1S/C14H19BrO3/c1-8(2)12-13(9(3)7-16)10(15)6-11-14(12)18-5-4-17-11/h6,8-9,16H,4-5,7H2,1-3H3. The van der Waals surface area contributed by atoms with Crippen LogP contribution < -0.4 is 9.47 Å². The van der Waals surface area contributed by atoms with Crippen molar-refractivity contribution in [1.82, 2.24) is 0 Å². The Morgan fingerprint density at radius 3 is 2.50 bits per heavy atom. The third-order valence-electron chi connectivity index (χ3n) is 3.21. The van der Waals surface area contributed by atoms with Crippen molar-refractivity contribution < 1.29 is 14.6 Å². The highest BCUT2D eigenvalue weighted by Crippen LogP contribution is 2.45. The summed E-state index contributed by atoms with van der Waals surface area (Å²) < 4.78 is 12.4. The van der Waals surface area contributed by atoms with Crippen LogP contribution in [0.2, 0.25) is 0 Å². The summed E-state index contributed by atoms with van der Waals surface area (Å²) in [5.74, 6) is 2.04. The summed E-state index contributed by atoms with van der Waals surface area (Å²) in [6, 6.07) is 1.95. The molecule has 0 fully saturated rings. The number of hydrogen-bond acceptors (Lipinski definition) is 3. The predicted molar refractivity (Wildman–Crippen MR) is 74.7 cm³/mol. The van der Waals surface area contributed by atoms with Crippen molar-refractivity contribution >= 4 is 15.9 Å². The minimum atomic E-state index is 0.0765.